The molecular weight excluding hydrogens is 304 g/mol. The van der Waals surface area contributed by atoms with E-state index in [-0.39, 0.29) is 12.0 Å². The Bertz CT molecular complexity index is 644. The molecule has 0 unspecified atom stereocenters. The molecule has 1 aromatic heterocycles. The number of nitrogens with zero attached hydrogens (tertiary/aromatic N) is 2. The van der Waals surface area contributed by atoms with Gasteiger partial charge in [0.2, 0.25) is 0 Å². The quantitative estimate of drug-likeness (QED) is 0.817. The highest BCUT2D eigenvalue weighted by Crippen LogP contribution is 2.19. The lowest BCUT2D eigenvalue weighted by Gasteiger charge is -2.25. The molecule has 0 saturated carbocycles. The number of rotatable bonds is 6. The van der Waals surface area contributed by atoms with Crippen LogP contribution in [-0.2, 0) is 11.3 Å². The third-order valence-electron chi connectivity index (χ3n) is 4.29. The van der Waals surface area contributed by atoms with Crippen LogP contribution in [0.25, 0.3) is 0 Å². The standard InChI is InChI=1S/C19H24N2O3/c1-20(2)16-9-7-15(8-10-16)13-21(14-17-5-3-11-23-17)19(22)18-6-4-12-24-18/h4,6-10,12,17H,3,5,11,13-14H2,1-2H3/t17-/m1/s1. The molecule has 3 rings (SSSR count). The van der Waals surface area contributed by atoms with Crippen molar-refractivity contribution in [2.24, 2.45) is 0 Å². The number of hydrogen-bond donors (Lipinski definition) is 0. The Morgan fingerprint density at radius 1 is 1.21 bits per heavy atom. The van der Waals surface area contributed by atoms with Crippen LogP contribution in [0.15, 0.2) is 47.1 Å². The first-order valence-corrected chi connectivity index (χ1v) is 8.34. The van der Waals surface area contributed by atoms with Crippen LogP contribution in [0.2, 0.25) is 0 Å². The third-order valence-corrected chi connectivity index (χ3v) is 4.29. The minimum Gasteiger partial charge on any atom is -0.459 e. The Kier molecular flexibility index (Phi) is 5.20. The molecule has 2 aromatic rings. The molecule has 24 heavy (non-hydrogen) atoms. The Hall–Kier alpha value is -2.27. The number of amides is 1. The van der Waals surface area contributed by atoms with Crippen molar-refractivity contribution in [2.75, 3.05) is 32.1 Å². The summed E-state index contributed by atoms with van der Waals surface area (Å²) in [4.78, 5) is 16.6. The summed E-state index contributed by atoms with van der Waals surface area (Å²) in [6, 6.07) is 11.7. The van der Waals surface area contributed by atoms with Gasteiger partial charge in [-0.1, -0.05) is 12.1 Å². The molecule has 1 atom stereocenters. The van der Waals surface area contributed by atoms with Crippen molar-refractivity contribution in [1.29, 1.82) is 0 Å². The second-order valence-electron chi connectivity index (χ2n) is 6.36. The first kappa shape index (κ1) is 16.6. The molecular formula is C19H24N2O3. The molecule has 128 valence electrons. The molecule has 1 aromatic carbocycles. The molecule has 5 nitrogen and oxygen atoms in total. The molecule has 0 aliphatic carbocycles. The van der Waals surface area contributed by atoms with Gasteiger partial charge in [0.05, 0.1) is 12.4 Å². The van der Waals surface area contributed by atoms with E-state index in [1.807, 2.05) is 19.0 Å². The van der Waals surface area contributed by atoms with Crippen molar-refractivity contribution < 1.29 is 13.9 Å². The second kappa shape index (κ2) is 7.53. The van der Waals surface area contributed by atoms with E-state index in [9.17, 15) is 4.79 Å². The molecule has 0 N–H and O–H groups in total. The maximum Gasteiger partial charge on any atom is 0.289 e. The average molecular weight is 328 g/mol. The van der Waals surface area contributed by atoms with Gasteiger partial charge in [0, 0.05) is 39.5 Å². The van der Waals surface area contributed by atoms with Crippen molar-refractivity contribution >= 4 is 11.6 Å². The van der Waals surface area contributed by atoms with Crippen LogP contribution in [-0.4, -0.2) is 44.2 Å². The highest BCUT2D eigenvalue weighted by atomic mass is 16.5. The summed E-state index contributed by atoms with van der Waals surface area (Å²) >= 11 is 0. The van der Waals surface area contributed by atoms with Crippen molar-refractivity contribution in [1.82, 2.24) is 4.90 Å². The number of hydrogen-bond acceptors (Lipinski definition) is 4. The van der Waals surface area contributed by atoms with Crippen LogP contribution >= 0.6 is 0 Å². The number of carbonyl (C=O) groups excluding carboxylic acids is 1. The Labute approximate surface area is 142 Å². The van der Waals surface area contributed by atoms with Crippen LogP contribution in [0.4, 0.5) is 5.69 Å². The van der Waals surface area contributed by atoms with Gasteiger partial charge in [-0.25, -0.2) is 0 Å². The minimum absolute atomic E-state index is 0.0906. The highest BCUT2D eigenvalue weighted by Gasteiger charge is 2.25. The summed E-state index contributed by atoms with van der Waals surface area (Å²) in [7, 11) is 4.03. The second-order valence-corrected chi connectivity index (χ2v) is 6.36. The van der Waals surface area contributed by atoms with E-state index in [1.165, 1.54) is 6.26 Å². The molecule has 5 heteroatoms. The zero-order valence-corrected chi connectivity index (χ0v) is 14.3. The van der Waals surface area contributed by atoms with E-state index >= 15 is 0 Å². The van der Waals surface area contributed by atoms with Crippen molar-refractivity contribution in [3.8, 4) is 0 Å². The normalized spacial score (nSPS) is 17.0. The maximum atomic E-state index is 12.7. The van der Waals surface area contributed by atoms with Gasteiger partial charge in [-0.3, -0.25) is 4.79 Å². The first-order valence-electron chi connectivity index (χ1n) is 8.34. The Morgan fingerprint density at radius 2 is 2.00 bits per heavy atom. The number of ether oxygens (including phenoxy) is 1. The predicted molar refractivity (Wildman–Crippen MR) is 93.2 cm³/mol. The Balaban J connectivity index is 1.74. The largest absolute Gasteiger partial charge is 0.459 e. The molecule has 0 radical (unpaired) electrons. The van der Waals surface area contributed by atoms with E-state index in [4.69, 9.17) is 9.15 Å². The average Bonchev–Trinajstić information content (AvgIpc) is 3.28. The molecule has 1 amide bonds. The molecule has 1 aliphatic heterocycles. The van der Waals surface area contributed by atoms with Gasteiger partial charge >= 0.3 is 0 Å². The fraction of sp³-hybridized carbons (Fsp3) is 0.421. The lowest BCUT2D eigenvalue weighted by molar-refractivity contribution is 0.0484. The summed E-state index contributed by atoms with van der Waals surface area (Å²) in [5, 5.41) is 0. The van der Waals surface area contributed by atoms with Gasteiger partial charge in [-0.15, -0.1) is 0 Å². The first-order chi connectivity index (χ1) is 11.6. The van der Waals surface area contributed by atoms with E-state index in [1.54, 1.807) is 12.1 Å². The van der Waals surface area contributed by atoms with E-state index in [2.05, 4.69) is 29.2 Å². The summed E-state index contributed by atoms with van der Waals surface area (Å²) in [6.45, 7) is 1.92. The van der Waals surface area contributed by atoms with Gasteiger partial charge in [0.15, 0.2) is 5.76 Å². The number of benzene rings is 1. The van der Waals surface area contributed by atoms with E-state index in [0.29, 0.717) is 18.8 Å². The smallest absolute Gasteiger partial charge is 0.289 e. The van der Waals surface area contributed by atoms with Gasteiger partial charge in [0.1, 0.15) is 0 Å². The monoisotopic (exact) mass is 328 g/mol. The van der Waals surface area contributed by atoms with Crippen LogP contribution < -0.4 is 4.90 Å². The van der Waals surface area contributed by atoms with Crippen LogP contribution in [0, 0.1) is 0 Å². The maximum absolute atomic E-state index is 12.7. The fourth-order valence-corrected chi connectivity index (χ4v) is 2.93. The Morgan fingerprint density at radius 3 is 2.58 bits per heavy atom. The number of anilines is 1. The van der Waals surface area contributed by atoms with Gasteiger partial charge in [0.25, 0.3) is 5.91 Å². The minimum atomic E-state index is -0.0906. The molecule has 1 fully saturated rings. The molecule has 2 heterocycles. The molecule has 1 saturated heterocycles. The fourth-order valence-electron chi connectivity index (χ4n) is 2.93. The summed E-state index contributed by atoms with van der Waals surface area (Å²) in [6.07, 6.45) is 3.71. The molecule has 0 spiro atoms. The lowest BCUT2D eigenvalue weighted by Crippen LogP contribution is -2.36. The third kappa shape index (κ3) is 3.97. The lowest BCUT2D eigenvalue weighted by atomic mass is 10.1. The van der Waals surface area contributed by atoms with Gasteiger partial charge < -0.3 is 19.0 Å². The zero-order valence-electron chi connectivity index (χ0n) is 14.3. The van der Waals surface area contributed by atoms with Gasteiger partial charge in [-0.05, 0) is 42.7 Å². The van der Waals surface area contributed by atoms with Crippen molar-refractivity contribution in [3.05, 3.63) is 54.0 Å². The summed E-state index contributed by atoms with van der Waals surface area (Å²) in [5.74, 6) is 0.282. The van der Waals surface area contributed by atoms with E-state index in [0.717, 1.165) is 30.7 Å². The molecule has 0 bridgehead atoms. The van der Waals surface area contributed by atoms with Gasteiger partial charge in [-0.2, -0.15) is 0 Å². The van der Waals surface area contributed by atoms with Crippen molar-refractivity contribution in [2.45, 2.75) is 25.5 Å². The van der Waals surface area contributed by atoms with Crippen LogP contribution in [0.1, 0.15) is 29.0 Å². The topological polar surface area (TPSA) is 45.9 Å². The zero-order chi connectivity index (χ0) is 16.9. The van der Waals surface area contributed by atoms with Crippen molar-refractivity contribution in [3.63, 3.8) is 0 Å². The SMILES string of the molecule is CN(C)c1ccc(CN(C[C@H]2CCCO2)C(=O)c2ccco2)cc1. The van der Waals surface area contributed by atoms with Crippen LogP contribution in [0.3, 0.4) is 0 Å². The summed E-state index contributed by atoms with van der Waals surface area (Å²) < 4.78 is 11.0. The van der Waals surface area contributed by atoms with E-state index < -0.39 is 0 Å². The summed E-state index contributed by atoms with van der Waals surface area (Å²) in [5.41, 5.74) is 2.24. The molecule has 1 aliphatic rings. The number of furan rings is 1. The predicted octanol–water partition coefficient (Wildman–Crippen LogP) is 3.17. The number of carbonyl (C=O) groups is 1. The highest BCUT2D eigenvalue weighted by molar-refractivity contribution is 5.91. The van der Waals surface area contributed by atoms with Crippen LogP contribution in [0.5, 0.6) is 0 Å².